The third-order valence-corrected chi connectivity index (χ3v) is 4.45. The molecule has 0 radical (unpaired) electrons. The van der Waals surface area contributed by atoms with Gasteiger partial charge in [0.2, 0.25) is 5.91 Å². The van der Waals surface area contributed by atoms with Gasteiger partial charge in [0, 0.05) is 6.54 Å². The van der Waals surface area contributed by atoms with Crippen molar-refractivity contribution in [2.75, 3.05) is 13.2 Å². The van der Waals surface area contributed by atoms with Crippen LogP contribution in [0.15, 0.2) is 30.3 Å². The molecule has 1 N–H and O–H groups in total. The highest BCUT2D eigenvalue weighted by atomic mass is 16.2. The molecule has 1 aromatic carbocycles. The largest absolute Gasteiger partial charge is 0.329 e. The maximum Gasteiger partial charge on any atom is 0.241 e. The fraction of sp³-hybridized carbons (Fsp3) is 0.562. The normalized spacial score (nSPS) is 23.7. The van der Waals surface area contributed by atoms with Crippen LogP contribution in [0.1, 0.15) is 31.2 Å². The number of nitrogens with zero attached hydrogens (tertiary/aromatic N) is 1. The summed E-state index contributed by atoms with van der Waals surface area (Å²) in [6.07, 6.45) is 6.10. The van der Waals surface area contributed by atoms with Crippen LogP contribution in [0, 0.1) is 5.92 Å². The van der Waals surface area contributed by atoms with Crippen LogP contribution in [0.4, 0.5) is 0 Å². The highest BCUT2D eigenvalue weighted by molar-refractivity contribution is 5.84. The van der Waals surface area contributed by atoms with E-state index in [0.29, 0.717) is 0 Å². The second-order valence-corrected chi connectivity index (χ2v) is 5.79. The molecule has 0 aromatic heterocycles. The van der Waals surface area contributed by atoms with Gasteiger partial charge in [-0.05, 0) is 24.3 Å². The van der Waals surface area contributed by atoms with Gasteiger partial charge in [-0.3, -0.25) is 10.1 Å². The van der Waals surface area contributed by atoms with Gasteiger partial charge in [0.15, 0.2) is 0 Å². The minimum atomic E-state index is -0.0243. The van der Waals surface area contributed by atoms with Crippen LogP contribution in [0.2, 0.25) is 0 Å². The first-order chi connectivity index (χ1) is 9.33. The monoisotopic (exact) mass is 258 g/mol. The Kier molecular flexibility index (Phi) is 3.83. The van der Waals surface area contributed by atoms with Gasteiger partial charge in [0.25, 0.3) is 0 Å². The average molecular weight is 258 g/mol. The van der Waals surface area contributed by atoms with E-state index in [1.165, 1.54) is 31.2 Å². The summed E-state index contributed by atoms with van der Waals surface area (Å²) in [6.45, 7) is 1.66. The predicted octanol–water partition coefficient (Wildman–Crippen LogP) is 2.18. The Morgan fingerprint density at radius 2 is 2.00 bits per heavy atom. The van der Waals surface area contributed by atoms with Gasteiger partial charge in [-0.2, -0.15) is 0 Å². The van der Waals surface area contributed by atoms with Crippen LogP contribution in [0.5, 0.6) is 0 Å². The van der Waals surface area contributed by atoms with Gasteiger partial charge >= 0.3 is 0 Å². The van der Waals surface area contributed by atoms with E-state index in [1.54, 1.807) is 0 Å². The molecule has 2 aliphatic rings. The van der Waals surface area contributed by atoms with Crippen molar-refractivity contribution < 1.29 is 4.79 Å². The Morgan fingerprint density at radius 1 is 1.21 bits per heavy atom. The summed E-state index contributed by atoms with van der Waals surface area (Å²) in [5.41, 5.74) is 1.23. The Bertz CT molecular complexity index is 428. The maximum atomic E-state index is 12.3. The molecular formula is C16H22N2O. The molecule has 2 fully saturated rings. The van der Waals surface area contributed by atoms with Gasteiger partial charge in [-0.25, -0.2) is 0 Å². The standard InChI is InChI=1S/C16H22N2O/c19-16-15(11-14-5-2-1-3-6-14)17-12-18(16)10-9-13-7-4-8-13/h1-3,5-6,13,15,17H,4,7-12H2. The first-order valence-electron chi connectivity index (χ1n) is 7.39. The predicted molar refractivity (Wildman–Crippen MR) is 75.6 cm³/mol. The van der Waals surface area contributed by atoms with Gasteiger partial charge in [-0.15, -0.1) is 0 Å². The van der Waals surface area contributed by atoms with E-state index in [9.17, 15) is 4.79 Å². The summed E-state index contributed by atoms with van der Waals surface area (Å²) in [5.74, 6) is 1.16. The number of rotatable bonds is 5. The van der Waals surface area contributed by atoms with Crippen molar-refractivity contribution in [3.8, 4) is 0 Å². The lowest BCUT2D eigenvalue weighted by molar-refractivity contribution is -0.129. The van der Waals surface area contributed by atoms with Crippen molar-refractivity contribution in [3.63, 3.8) is 0 Å². The molecular weight excluding hydrogens is 236 g/mol. The van der Waals surface area contributed by atoms with Crippen LogP contribution in [0.3, 0.4) is 0 Å². The van der Waals surface area contributed by atoms with Gasteiger partial charge in [0.1, 0.15) is 0 Å². The van der Waals surface area contributed by atoms with Gasteiger partial charge in [-0.1, -0.05) is 49.6 Å². The molecule has 3 heteroatoms. The zero-order chi connectivity index (χ0) is 13.1. The van der Waals surface area contributed by atoms with Gasteiger partial charge in [0.05, 0.1) is 12.7 Å². The fourth-order valence-electron chi connectivity index (χ4n) is 2.92. The molecule has 1 aromatic rings. The highest BCUT2D eigenvalue weighted by Crippen LogP contribution is 2.29. The summed E-state index contributed by atoms with van der Waals surface area (Å²) < 4.78 is 0. The Morgan fingerprint density at radius 3 is 2.68 bits per heavy atom. The molecule has 3 nitrogen and oxygen atoms in total. The molecule has 102 valence electrons. The zero-order valence-electron chi connectivity index (χ0n) is 11.3. The van der Waals surface area contributed by atoms with E-state index in [0.717, 1.165) is 25.6 Å². The summed E-state index contributed by atoms with van der Waals surface area (Å²) in [4.78, 5) is 14.3. The van der Waals surface area contributed by atoms with Crippen LogP contribution >= 0.6 is 0 Å². The molecule has 19 heavy (non-hydrogen) atoms. The third kappa shape index (κ3) is 2.98. The SMILES string of the molecule is O=C1C(Cc2ccccc2)NCN1CCC1CCC1. The average Bonchev–Trinajstić information content (AvgIpc) is 2.71. The number of benzene rings is 1. The maximum absolute atomic E-state index is 12.3. The van der Waals surface area contributed by atoms with Crippen molar-refractivity contribution in [2.45, 2.75) is 38.1 Å². The molecule has 0 spiro atoms. The van der Waals surface area contributed by atoms with E-state index in [2.05, 4.69) is 17.4 Å². The molecule has 1 atom stereocenters. The Hall–Kier alpha value is -1.35. The Labute approximate surface area is 115 Å². The van der Waals surface area contributed by atoms with Crippen LogP contribution in [-0.2, 0) is 11.2 Å². The first-order valence-corrected chi connectivity index (χ1v) is 7.39. The second-order valence-electron chi connectivity index (χ2n) is 5.79. The number of nitrogens with one attached hydrogen (secondary N) is 1. The Balaban J connectivity index is 1.50. The van der Waals surface area contributed by atoms with E-state index in [4.69, 9.17) is 0 Å². The van der Waals surface area contributed by atoms with Crippen molar-refractivity contribution in [2.24, 2.45) is 5.92 Å². The summed E-state index contributed by atoms with van der Waals surface area (Å²) in [5, 5.41) is 3.34. The summed E-state index contributed by atoms with van der Waals surface area (Å²) >= 11 is 0. The quantitative estimate of drug-likeness (QED) is 0.878. The number of carbonyl (C=O) groups excluding carboxylic acids is 1. The number of hydrogen-bond donors (Lipinski definition) is 1. The highest BCUT2D eigenvalue weighted by Gasteiger charge is 2.31. The van der Waals surface area contributed by atoms with Crippen molar-refractivity contribution >= 4 is 5.91 Å². The topological polar surface area (TPSA) is 32.3 Å². The smallest absolute Gasteiger partial charge is 0.241 e. The molecule has 1 aliphatic carbocycles. The van der Waals surface area contributed by atoms with Crippen LogP contribution < -0.4 is 5.32 Å². The molecule has 3 rings (SSSR count). The minimum Gasteiger partial charge on any atom is -0.329 e. The lowest BCUT2D eigenvalue weighted by atomic mass is 9.83. The van der Waals surface area contributed by atoms with E-state index >= 15 is 0 Å². The lowest BCUT2D eigenvalue weighted by Crippen LogP contribution is -2.33. The van der Waals surface area contributed by atoms with E-state index in [-0.39, 0.29) is 11.9 Å². The van der Waals surface area contributed by atoms with Crippen LogP contribution in [-0.4, -0.2) is 30.1 Å². The van der Waals surface area contributed by atoms with Crippen molar-refractivity contribution in [1.82, 2.24) is 10.2 Å². The number of hydrogen-bond acceptors (Lipinski definition) is 2. The molecule has 1 aliphatic heterocycles. The van der Waals surface area contributed by atoms with E-state index < -0.39 is 0 Å². The lowest BCUT2D eigenvalue weighted by Gasteiger charge is -2.27. The van der Waals surface area contributed by atoms with Gasteiger partial charge < -0.3 is 4.90 Å². The molecule has 0 bridgehead atoms. The summed E-state index contributed by atoms with van der Waals surface area (Å²) in [6, 6.07) is 10.2. The molecule has 1 saturated carbocycles. The minimum absolute atomic E-state index is 0.0243. The van der Waals surface area contributed by atoms with E-state index in [1.807, 2.05) is 23.1 Å². The van der Waals surface area contributed by atoms with Crippen LogP contribution in [0.25, 0.3) is 0 Å². The number of amides is 1. The molecule has 1 unspecified atom stereocenters. The van der Waals surface area contributed by atoms with Crippen molar-refractivity contribution in [1.29, 1.82) is 0 Å². The molecule has 1 saturated heterocycles. The third-order valence-electron chi connectivity index (χ3n) is 4.45. The molecule has 1 amide bonds. The second kappa shape index (κ2) is 5.74. The summed E-state index contributed by atoms with van der Waals surface area (Å²) in [7, 11) is 0. The van der Waals surface area contributed by atoms with Crippen molar-refractivity contribution in [3.05, 3.63) is 35.9 Å². The number of carbonyl (C=O) groups is 1. The zero-order valence-corrected chi connectivity index (χ0v) is 11.3. The molecule has 1 heterocycles. The fourth-order valence-corrected chi connectivity index (χ4v) is 2.92. The first kappa shape index (κ1) is 12.7.